The molecule has 2 saturated heterocycles. The third-order valence-electron chi connectivity index (χ3n) is 6.88. The van der Waals surface area contributed by atoms with Gasteiger partial charge in [0.2, 0.25) is 0 Å². The molecule has 0 radical (unpaired) electrons. The Morgan fingerprint density at radius 3 is 2.35 bits per heavy atom. The predicted octanol–water partition coefficient (Wildman–Crippen LogP) is 3.07. The molecule has 4 nitrogen and oxygen atoms in total. The van der Waals surface area contributed by atoms with E-state index >= 15 is 0 Å². The first-order valence-corrected chi connectivity index (χ1v) is 9.76. The van der Waals surface area contributed by atoms with E-state index in [1.807, 2.05) is 12.4 Å². The van der Waals surface area contributed by atoms with E-state index in [1.165, 1.54) is 57.2 Å². The molecule has 3 heterocycles. The van der Waals surface area contributed by atoms with Gasteiger partial charge in [0.1, 0.15) is 0 Å². The van der Waals surface area contributed by atoms with Gasteiger partial charge in [0.05, 0.1) is 6.10 Å². The molecule has 3 aliphatic rings. The maximum absolute atomic E-state index is 10.5. The minimum atomic E-state index is -0.173. The molecule has 1 aliphatic carbocycles. The second kappa shape index (κ2) is 9.70. The zero-order valence-corrected chi connectivity index (χ0v) is 17.1. The minimum absolute atomic E-state index is 0. The fraction of sp³-hybridized carbons (Fsp3) is 0.750. The van der Waals surface area contributed by atoms with E-state index in [-0.39, 0.29) is 30.9 Å². The number of nitrogens with zero attached hydrogens (tertiary/aromatic N) is 2. The number of aliphatic hydroxyl groups excluding tert-OH is 1. The highest BCUT2D eigenvalue weighted by Crippen LogP contribution is 2.44. The lowest BCUT2D eigenvalue weighted by molar-refractivity contribution is 0.0688. The molecule has 1 spiro atoms. The summed E-state index contributed by atoms with van der Waals surface area (Å²) in [6, 6.07) is 4.86. The molecule has 148 valence electrons. The van der Waals surface area contributed by atoms with Gasteiger partial charge in [-0.3, -0.25) is 9.88 Å². The average molecular weight is 402 g/mol. The maximum Gasteiger partial charge on any atom is 0.0710 e. The topological polar surface area (TPSA) is 48.4 Å². The van der Waals surface area contributed by atoms with Gasteiger partial charge in [0.15, 0.2) is 0 Å². The molecule has 6 heteroatoms. The molecule has 4 rings (SSSR count). The van der Waals surface area contributed by atoms with Crippen molar-refractivity contribution in [2.45, 2.75) is 57.1 Å². The van der Waals surface area contributed by atoms with Crippen LogP contribution < -0.4 is 5.32 Å². The summed E-state index contributed by atoms with van der Waals surface area (Å²) in [5, 5.41) is 14.0. The summed E-state index contributed by atoms with van der Waals surface area (Å²) in [5.41, 5.74) is 1.93. The Balaban J connectivity index is 0.00000121. The van der Waals surface area contributed by atoms with E-state index in [0.29, 0.717) is 17.4 Å². The van der Waals surface area contributed by atoms with Gasteiger partial charge in [-0.1, -0.05) is 0 Å². The molecule has 2 N–H and O–H groups in total. The molecule has 3 fully saturated rings. The van der Waals surface area contributed by atoms with Gasteiger partial charge in [-0.05, 0) is 81.1 Å². The van der Waals surface area contributed by atoms with Crippen LogP contribution in [0.2, 0.25) is 0 Å². The summed E-state index contributed by atoms with van der Waals surface area (Å²) in [4.78, 5) is 6.68. The molecular formula is C20H33Cl2N3O. The molecule has 0 aromatic carbocycles. The van der Waals surface area contributed by atoms with Crippen LogP contribution >= 0.6 is 24.8 Å². The van der Waals surface area contributed by atoms with Crippen LogP contribution in [-0.4, -0.2) is 53.3 Å². The fourth-order valence-electron chi connectivity index (χ4n) is 5.24. The van der Waals surface area contributed by atoms with Crippen molar-refractivity contribution in [1.29, 1.82) is 0 Å². The van der Waals surface area contributed by atoms with E-state index in [0.717, 1.165) is 19.5 Å². The highest BCUT2D eigenvalue weighted by atomic mass is 35.5. The Morgan fingerprint density at radius 2 is 1.69 bits per heavy atom. The number of halogens is 2. The number of hydrogen-bond acceptors (Lipinski definition) is 4. The lowest BCUT2D eigenvalue weighted by Gasteiger charge is -2.45. The number of pyridine rings is 1. The van der Waals surface area contributed by atoms with Crippen molar-refractivity contribution < 1.29 is 5.11 Å². The number of hydrogen-bond donors (Lipinski definition) is 2. The molecule has 26 heavy (non-hydrogen) atoms. The van der Waals surface area contributed by atoms with Crippen LogP contribution in [0.3, 0.4) is 0 Å². The van der Waals surface area contributed by atoms with Gasteiger partial charge in [-0.25, -0.2) is 0 Å². The third-order valence-corrected chi connectivity index (χ3v) is 6.88. The molecule has 0 bridgehead atoms. The van der Waals surface area contributed by atoms with Crippen molar-refractivity contribution in [2.75, 3.05) is 26.2 Å². The maximum atomic E-state index is 10.5. The van der Waals surface area contributed by atoms with Gasteiger partial charge in [-0.15, -0.1) is 24.8 Å². The monoisotopic (exact) mass is 401 g/mol. The fourth-order valence-corrected chi connectivity index (χ4v) is 5.24. The van der Waals surface area contributed by atoms with Crippen LogP contribution in [0.15, 0.2) is 24.5 Å². The Bertz CT molecular complexity index is 529. The van der Waals surface area contributed by atoms with Crippen molar-refractivity contribution in [3.05, 3.63) is 30.1 Å². The van der Waals surface area contributed by atoms with Crippen LogP contribution in [0.25, 0.3) is 0 Å². The Kier molecular flexibility index (Phi) is 8.17. The van der Waals surface area contributed by atoms with E-state index in [9.17, 15) is 5.11 Å². The smallest absolute Gasteiger partial charge is 0.0710 e. The van der Waals surface area contributed by atoms with E-state index < -0.39 is 0 Å². The van der Waals surface area contributed by atoms with Gasteiger partial charge in [0, 0.05) is 37.4 Å². The quantitative estimate of drug-likeness (QED) is 0.816. The second-order valence-electron chi connectivity index (χ2n) is 8.32. The number of rotatable bonds is 3. The van der Waals surface area contributed by atoms with Gasteiger partial charge in [-0.2, -0.15) is 0 Å². The summed E-state index contributed by atoms with van der Waals surface area (Å²) >= 11 is 0. The first kappa shape index (κ1) is 21.9. The summed E-state index contributed by atoms with van der Waals surface area (Å²) in [5.74, 6) is 0.377. The van der Waals surface area contributed by atoms with Gasteiger partial charge in [0.25, 0.3) is 0 Å². The minimum Gasteiger partial charge on any atom is -0.391 e. The standard InChI is InChI=1S/C20H31N3O.2ClH/c24-19-15-23(14-17(19)13-16-3-9-21-10-4-16)18-1-5-20(6-2-18)7-11-22-12-8-20;;/h3-4,9-10,17-19,22,24H,1-2,5-8,11-15H2;2*1H/t17-,19+;;/m1../s1. The van der Waals surface area contributed by atoms with Crippen LogP contribution in [0, 0.1) is 11.3 Å². The molecule has 2 atom stereocenters. The van der Waals surface area contributed by atoms with Crippen LogP contribution in [-0.2, 0) is 6.42 Å². The zero-order chi connectivity index (χ0) is 16.4. The highest BCUT2D eigenvalue weighted by Gasteiger charge is 2.41. The lowest BCUT2D eigenvalue weighted by Crippen LogP contribution is -2.44. The summed E-state index contributed by atoms with van der Waals surface area (Å²) in [6.07, 6.45) is 12.7. The number of aliphatic hydroxyl groups is 1. The average Bonchev–Trinajstić information content (AvgIpc) is 2.98. The number of piperidine rings is 1. The largest absolute Gasteiger partial charge is 0.391 e. The molecule has 0 amide bonds. The Hall–Kier alpha value is -0.390. The van der Waals surface area contributed by atoms with Gasteiger partial charge < -0.3 is 10.4 Å². The molecular weight excluding hydrogens is 369 g/mol. The normalized spacial score (nSPS) is 29.1. The Labute approximate surface area is 170 Å². The summed E-state index contributed by atoms with van der Waals surface area (Å²) < 4.78 is 0. The first-order valence-electron chi connectivity index (χ1n) is 9.76. The summed E-state index contributed by atoms with van der Waals surface area (Å²) in [7, 11) is 0. The lowest BCUT2D eigenvalue weighted by atomic mass is 9.67. The van der Waals surface area contributed by atoms with Crippen molar-refractivity contribution in [2.24, 2.45) is 11.3 Å². The van der Waals surface area contributed by atoms with Crippen molar-refractivity contribution >= 4 is 24.8 Å². The van der Waals surface area contributed by atoms with Crippen molar-refractivity contribution in [3.8, 4) is 0 Å². The van der Waals surface area contributed by atoms with E-state index in [4.69, 9.17) is 0 Å². The number of β-amino-alcohol motifs (C(OH)–C–C–N with tert-alkyl or cyclic N) is 1. The Morgan fingerprint density at radius 1 is 1.04 bits per heavy atom. The highest BCUT2D eigenvalue weighted by molar-refractivity contribution is 5.85. The summed E-state index contributed by atoms with van der Waals surface area (Å²) in [6.45, 7) is 4.35. The van der Waals surface area contributed by atoms with Crippen LogP contribution in [0.4, 0.5) is 0 Å². The number of likely N-dealkylation sites (tertiary alicyclic amines) is 1. The molecule has 1 aromatic heterocycles. The third kappa shape index (κ3) is 4.90. The molecule has 0 unspecified atom stereocenters. The van der Waals surface area contributed by atoms with Crippen LogP contribution in [0.5, 0.6) is 0 Å². The number of nitrogens with one attached hydrogen (secondary N) is 1. The van der Waals surface area contributed by atoms with Crippen LogP contribution in [0.1, 0.15) is 44.1 Å². The zero-order valence-electron chi connectivity index (χ0n) is 15.5. The first-order chi connectivity index (χ1) is 11.7. The number of aromatic nitrogens is 1. The van der Waals surface area contributed by atoms with Crippen molar-refractivity contribution in [3.63, 3.8) is 0 Å². The van der Waals surface area contributed by atoms with E-state index in [1.54, 1.807) is 0 Å². The second-order valence-corrected chi connectivity index (χ2v) is 8.32. The van der Waals surface area contributed by atoms with Gasteiger partial charge >= 0.3 is 0 Å². The predicted molar refractivity (Wildman–Crippen MR) is 110 cm³/mol. The van der Waals surface area contributed by atoms with Crippen molar-refractivity contribution in [1.82, 2.24) is 15.2 Å². The molecule has 1 aromatic rings. The molecule has 2 aliphatic heterocycles. The molecule has 1 saturated carbocycles. The SMILES string of the molecule is Cl.Cl.O[C@H]1CN(C2CCC3(CCNCC3)CC2)C[C@H]1Cc1ccncc1. The van der Waals surface area contributed by atoms with E-state index in [2.05, 4.69) is 27.3 Å².